The van der Waals surface area contributed by atoms with Crippen LogP contribution in [0.2, 0.25) is 0 Å². The van der Waals surface area contributed by atoms with Crippen molar-refractivity contribution in [1.82, 2.24) is 19.8 Å². The molecule has 6 nitrogen and oxygen atoms in total. The molecule has 36 heavy (non-hydrogen) atoms. The number of anilines is 1. The van der Waals surface area contributed by atoms with Crippen LogP contribution in [0.3, 0.4) is 0 Å². The highest BCUT2D eigenvalue weighted by atomic mass is 16.1. The molecule has 3 heterocycles. The molecule has 0 aliphatic carbocycles. The first kappa shape index (κ1) is 26.7. The summed E-state index contributed by atoms with van der Waals surface area (Å²) in [6.45, 7) is 18.3. The highest BCUT2D eigenvalue weighted by Gasteiger charge is 2.34. The summed E-state index contributed by atoms with van der Waals surface area (Å²) < 4.78 is 0. The van der Waals surface area contributed by atoms with Gasteiger partial charge in [-0.15, -0.1) is 0 Å². The van der Waals surface area contributed by atoms with E-state index < -0.39 is 0 Å². The smallest absolute Gasteiger partial charge is 0.225 e. The number of carbonyl (C=O) groups excluding carboxylic acids is 1. The predicted molar refractivity (Wildman–Crippen MR) is 148 cm³/mol. The lowest BCUT2D eigenvalue weighted by atomic mass is 9.91. The molecule has 4 rings (SSSR count). The fourth-order valence-corrected chi connectivity index (χ4v) is 5.79. The molecule has 2 unspecified atom stereocenters. The molecule has 196 valence electrons. The summed E-state index contributed by atoms with van der Waals surface area (Å²) in [6.07, 6.45) is 7.54. The van der Waals surface area contributed by atoms with E-state index in [0.29, 0.717) is 24.0 Å². The zero-order chi connectivity index (χ0) is 25.8. The number of aromatic nitrogens is 2. The lowest BCUT2D eigenvalue weighted by Crippen LogP contribution is -2.59. The fraction of sp³-hybridized carbons (Fsp3) is 0.633. The number of hydrogen-bond acceptors (Lipinski definition) is 6. The van der Waals surface area contributed by atoms with Gasteiger partial charge in [-0.1, -0.05) is 45.0 Å². The van der Waals surface area contributed by atoms with Crippen LogP contribution in [-0.2, 0) is 6.54 Å². The second-order valence-electron chi connectivity index (χ2n) is 11.4. The molecule has 1 aromatic carbocycles. The second-order valence-corrected chi connectivity index (χ2v) is 11.4. The van der Waals surface area contributed by atoms with Crippen LogP contribution in [0.25, 0.3) is 0 Å². The summed E-state index contributed by atoms with van der Waals surface area (Å²) in [5, 5.41) is 0. The summed E-state index contributed by atoms with van der Waals surface area (Å²) in [6, 6.07) is 9.64. The molecular weight excluding hydrogens is 446 g/mol. The van der Waals surface area contributed by atoms with Crippen molar-refractivity contribution in [2.45, 2.75) is 91.4 Å². The number of benzene rings is 1. The number of piperidine rings is 1. The van der Waals surface area contributed by atoms with E-state index >= 15 is 0 Å². The molecule has 0 radical (unpaired) electrons. The van der Waals surface area contributed by atoms with Gasteiger partial charge in [0, 0.05) is 61.6 Å². The van der Waals surface area contributed by atoms with Gasteiger partial charge in [0.05, 0.1) is 0 Å². The fourth-order valence-electron chi connectivity index (χ4n) is 5.79. The maximum atomic E-state index is 12.2. The van der Waals surface area contributed by atoms with Gasteiger partial charge in [0.2, 0.25) is 5.95 Å². The number of Topliss-reactive ketones (excluding diaryl/α,β-unsaturated/α-hetero) is 1. The van der Waals surface area contributed by atoms with Gasteiger partial charge in [0.1, 0.15) is 0 Å². The Morgan fingerprint density at radius 3 is 2.19 bits per heavy atom. The number of rotatable bonds is 8. The molecule has 2 aliphatic heterocycles. The molecule has 2 atom stereocenters. The minimum absolute atomic E-state index is 0.0412. The number of nitrogens with zero attached hydrogens (tertiary/aromatic N) is 5. The lowest BCUT2D eigenvalue weighted by Gasteiger charge is -2.47. The van der Waals surface area contributed by atoms with Crippen LogP contribution in [0.5, 0.6) is 0 Å². The molecule has 6 heteroatoms. The molecule has 0 N–H and O–H groups in total. The number of ketones is 1. The van der Waals surface area contributed by atoms with E-state index in [1.807, 2.05) is 26.0 Å². The molecule has 2 saturated heterocycles. The van der Waals surface area contributed by atoms with Crippen LogP contribution >= 0.6 is 0 Å². The van der Waals surface area contributed by atoms with Gasteiger partial charge in [0.15, 0.2) is 5.78 Å². The molecule has 0 amide bonds. The molecule has 0 saturated carbocycles. The summed E-state index contributed by atoms with van der Waals surface area (Å²) in [4.78, 5) is 29.5. The minimum Gasteiger partial charge on any atom is -0.333 e. The number of piperazine rings is 1. The molecule has 1 aromatic heterocycles. The summed E-state index contributed by atoms with van der Waals surface area (Å²) in [7, 11) is 0. The zero-order valence-electron chi connectivity index (χ0n) is 23.2. The number of likely N-dealkylation sites (tertiary alicyclic amines) is 1. The largest absolute Gasteiger partial charge is 0.333 e. The Morgan fingerprint density at radius 2 is 1.64 bits per heavy atom. The maximum Gasteiger partial charge on any atom is 0.225 e. The van der Waals surface area contributed by atoms with Crippen LogP contribution in [-0.4, -0.2) is 69.9 Å². The standard InChI is InChI=1S/C30H45N5O/c1-7-28-20-34(22(4)5)18-23(6)35(28)30-31-16-27(17-32-30)25-12-14-33(15-13-25)19-24-8-10-26(11-9-24)29(36)21(2)3/h8-11,16-17,21-23,25,28H,7,12-15,18-20H2,1-6H3. The van der Waals surface area contributed by atoms with E-state index in [-0.39, 0.29) is 11.7 Å². The number of carbonyl (C=O) groups is 1. The van der Waals surface area contributed by atoms with E-state index in [2.05, 4.69) is 66.9 Å². The van der Waals surface area contributed by atoms with Crippen molar-refractivity contribution in [2.75, 3.05) is 31.1 Å². The third-order valence-corrected chi connectivity index (χ3v) is 8.13. The van der Waals surface area contributed by atoms with Gasteiger partial charge >= 0.3 is 0 Å². The van der Waals surface area contributed by atoms with Crippen LogP contribution < -0.4 is 4.90 Å². The molecular formula is C30H45N5O. The molecule has 2 aliphatic rings. The first-order chi connectivity index (χ1) is 17.3. The quantitative estimate of drug-likeness (QED) is 0.461. The second kappa shape index (κ2) is 11.8. The van der Waals surface area contributed by atoms with Gasteiger partial charge < -0.3 is 4.90 Å². The molecule has 0 spiro atoms. The van der Waals surface area contributed by atoms with Gasteiger partial charge in [-0.05, 0) is 70.2 Å². The lowest BCUT2D eigenvalue weighted by molar-refractivity contribution is 0.0939. The summed E-state index contributed by atoms with van der Waals surface area (Å²) in [5.74, 6) is 1.67. The zero-order valence-corrected chi connectivity index (χ0v) is 23.2. The Labute approximate surface area is 218 Å². The summed E-state index contributed by atoms with van der Waals surface area (Å²) >= 11 is 0. The topological polar surface area (TPSA) is 52.6 Å². The Morgan fingerprint density at radius 1 is 1.00 bits per heavy atom. The first-order valence-electron chi connectivity index (χ1n) is 14.0. The number of hydrogen-bond donors (Lipinski definition) is 0. The van der Waals surface area contributed by atoms with Crippen molar-refractivity contribution in [1.29, 1.82) is 0 Å². The SMILES string of the molecule is CCC1CN(C(C)C)CC(C)N1c1ncc(C2CCN(Cc3ccc(C(=O)C(C)C)cc3)CC2)cn1. The van der Waals surface area contributed by atoms with Gasteiger partial charge in [-0.25, -0.2) is 9.97 Å². The Kier molecular flexibility index (Phi) is 8.78. The third-order valence-electron chi connectivity index (χ3n) is 8.13. The van der Waals surface area contributed by atoms with Crippen molar-refractivity contribution in [3.63, 3.8) is 0 Å². The van der Waals surface area contributed by atoms with Crippen LogP contribution in [0, 0.1) is 5.92 Å². The van der Waals surface area contributed by atoms with Crippen LogP contribution in [0.15, 0.2) is 36.7 Å². The van der Waals surface area contributed by atoms with Crippen LogP contribution in [0.1, 0.15) is 88.2 Å². The van der Waals surface area contributed by atoms with Crippen molar-refractivity contribution < 1.29 is 4.79 Å². The Balaban J connectivity index is 1.32. The van der Waals surface area contributed by atoms with E-state index in [9.17, 15) is 4.79 Å². The monoisotopic (exact) mass is 491 g/mol. The normalized spacial score (nSPS) is 22.5. The molecule has 0 bridgehead atoms. The Bertz CT molecular complexity index is 979. The van der Waals surface area contributed by atoms with Crippen LogP contribution in [0.4, 0.5) is 5.95 Å². The van der Waals surface area contributed by atoms with Crippen molar-refractivity contribution in [2.24, 2.45) is 5.92 Å². The van der Waals surface area contributed by atoms with Gasteiger partial charge in [0.25, 0.3) is 0 Å². The van der Waals surface area contributed by atoms with E-state index in [1.165, 1.54) is 11.1 Å². The molecule has 2 aromatic rings. The van der Waals surface area contributed by atoms with Crippen molar-refractivity contribution >= 4 is 11.7 Å². The Hall–Kier alpha value is -2.31. The van der Waals surface area contributed by atoms with Crippen molar-refractivity contribution in [3.8, 4) is 0 Å². The maximum absolute atomic E-state index is 12.2. The minimum atomic E-state index is 0.0412. The molecule has 2 fully saturated rings. The van der Waals surface area contributed by atoms with E-state index in [0.717, 1.165) is 63.5 Å². The van der Waals surface area contributed by atoms with Crippen molar-refractivity contribution in [3.05, 3.63) is 53.3 Å². The average Bonchev–Trinajstić information content (AvgIpc) is 2.88. The third kappa shape index (κ3) is 6.15. The first-order valence-corrected chi connectivity index (χ1v) is 14.0. The highest BCUT2D eigenvalue weighted by Crippen LogP contribution is 2.30. The summed E-state index contributed by atoms with van der Waals surface area (Å²) in [5.41, 5.74) is 3.37. The predicted octanol–water partition coefficient (Wildman–Crippen LogP) is 5.39. The average molecular weight is 492 g/mol. The van der Waals surface area contributed by atoms with E-state index in [1.54, 1.807) is 0 Å². The van der Waals surface area contributed by atoms with E-state index in [4.69, 9.17) is 9.97 Å². The highest BCUT2D eigenvalue weighted by molar-refractivity contribution is 5.97. The van der Waals surface area contributed by atoms with Gasteiger partial charge in [-0.3, -0.25) is 14.6 Å². The van der Waals surface area contributed by atoms with Gasteiger partial charge in [-0.2, -0.15) is 0 Å².